The SMILES string of the molecule is Cc1ccc(CNCCCOC2CCNCC2)s1. The number of hydrogen-bond donors (Lipinski definition) is 2. The molecule has 0 amide bonds. The maximum Gasteiger partial charge on any atom is 0.0599 e. The Kier molecular flexibility index (Phi) is 6.14. The molecule has 0 atom stereocenters. The topological polar surface area (TPSA) is 33.3 Å². The Bertz CT molecular complexity index is 334. The van der Waals surface area contributed by atoms with Crippen molar-refractivity contribution in [2.45, 2.75) is 38.8 Å². The van der Waals surface area contributed by atoms with Crippen molar-refractivity contribution < 1.29 is 4.74 Å². The molecule has 1 aliphatic rings. The van der Waals surface area contributed by atoms with Gasteiger partial charge >= 0.3 is 0 Å². The predicted octanol–water partition coefficient (Wildman–Crippen LogP) is 2.30. The number of rotatable bonds is 7. The van der Waals surface area contributed by atoms with E-state index < -0.39 is 0 Å². The van der Waals surface area contributed by atoms with Crippen molar-refractivity contribution in [3.05, 3.63) is 21.9 Å². The van der Waals surface area contributed by atoms with Crippen LogP contribution in [-0.4, -0.2) is 32.3 Å². The summed E-state index contributed by atoms with van der Waals surface area (Å²) in [5, 5.41) is 6.83. The van der Waals surface area contributed by atoms with E-state index in [1.807, 2.05) is 11.3 Å². The molecule has 0 aliphatic carbocycles. The molecule has 2 rings (SSSR count). The van der Waals surface area contributed by atoms with Crippen LogP contribution >= 0.6 is 11.3 Å². The van der Waals surface area contributed by atoms with E-state index in [0.717, 1.165) is 39.2 Å². The minimum absolute atomic E-state index is 0.492. The van der Waals surface area contributed by atoms with E-state index in [1.54, 1.807) is 0 Å². The van der Waals surface area contributed by atoms with Gasteiger partial charge in [-0.3, -0.25) is 0 Å². The normalized spacial score (nSPS) is 17.2. The van der Waals surface area contributed by atoms with Gasteiger partial charge < -0.3 is 15.4 Å². The average molecular weight is 268 g/mol. The Labute approximate surface area is 114 Å². The number of nitrogens with one attached hydrogen (secondary N) is 2. The van der Waals surface area contributed by atoms with Gasteiger partial charge in [0.15, 0.2) is 0 Å². The largest absolute Gasteiger partial charge is 0.378 e. The molecule has 0 radical (unpaired) electrons. The Morgan fingerprint density at radius 1 is 1.39 bits per heavy atom. The van der Waals surface area contributed by atoms with Crippen molar-refractivity contribution in [1.82, 2.24) is 10.6 Å². The van der Waals surface area contributed by atoms with Gasteiger partial charge in [0.1, 0.15) is 0 Å². The summed E-state index contributed by atoms with van der Waals surface area (Å²) in [6.07, 6.45) is 3.93. The van der Waals surface area contributed by atoms with Crippen LogP contribution in [0.4, 0.5) is 0 Å². The molecule has 0 bridgehead atoms. The van der Waals surface area contributed by atoms with E-state index >= 15 is 0 Å². The molecular weight excluding hydrogens is 244 g/mol. The van der Waals surface area contributed by atoms with E-state index in [0.29, 0.717) is 6.10 Å². The van der Waals surface area contributed by atoms with Crippen molar-refractivity contribution in [3.63, 3.8) is 0 Å². The van der Waals surface area contributed by atoms with E-state index in [2.05, 4.69) is 29.7 Å². The monoisotopic (exact) mass is 268 g/mol. The van der Waals surface area contributed by atoms with Crippen LogP contribution < -0.4 is 10.6 Å². The summed E-state index contributed by atoms with van der Waals surface area (Å²) < 4.78 is 5.86. The summed E-state index contributed by atoms with van der Waals surface area (Å²) in [6, 6.07) is 4.39. The van der Waals surface area contributed by atoms with Gasteiger partial charge in [0.2, 0.25) is 0 Å². The van der Waals surface area contributed by atoms with E-state index in [4.69, 9.17) is 4.74 Å². The van der Waals surface area contributed by atoms with Crippen LogP contribution in [0.15, 0.2) is 12.1 Å². The van der Waals surface area contributed by atoms with Gasteiger partial charge in [-0.05, 0) is 58.0 Å². The lowest BCUT2D eigenvalue weighted by Crippen LogP contribution is -2.32. The van der Waals surface area contributed by atoms with Gasteiger partial charge in [-0.25, -0.2) is 0 Å². The van der Waals surface area contributed by atoms with E-state index in [9.17, 15) is 0 Å². The molecule has 2 heterocycles. The lowest BCUT2D eigenvalue weighted by atomic mass is 10.1. The fraction of sp³-hybridized carbons (Fsp3) is 0.714. The lowest BCUT2D eigenvalue weighted by Gasteiger charge is -2.22. The molecule has 0 saturated carbocycles. The first-order valence-corrected chi connectivity index (χ1v) is 7.74. The third-order valence-electron chi connectivity index (χ3n) is 3.23. The second kappa shape index (κ2) is 7.89. The first-order chi connectivity index (χ1) is 8.84. The van der Waals surface area contributed by atoms with Crippen LogP contribution in [0.25, 0.3) is 0 Å². The second-order valence-electron chi connectivity index (χ2n) is 4.86. The Hall–Kier alpha value is -0.420. The van der Waals surface area contributed by atoms with Crippen LogP contribution in [-0.2, 0) is 11.3 Å². The number of piperidine rings is 1. The number of aryl methyl sites for hydroxylation is 1. The molecule has 2 N–H and O–H groups in total. The molecular formula is C14H24N2OS. The zero-order valence-corrected chi connectivity index (χ0v) is 12.0. The first-order valence-electron chi connectivity index (χ1n) is 6.93. The second-order valence-corrected chi connectivity index (χ2v) is 6.24. The minimum Gasteiger partial charge on any atom is -0.378 e. The molecule has 1 saturated heterocycles. The molecule has 1 aromatic rings. The van der Waals surface area contributed by atoms with Crippen molar-refractivity contribution in [1.29, 1.82) is 0 Å². The van der Waals surface area contributed by atoms with Crippen LogP contribution in [0.1, 0.15) is 29.0 Å². The Morgan fingerprint density at radius 2 is 2.22 bits per heavy atom. The summed E-state index contributed by atoms with van der Waals surface area (Å²) >= 11 is 1.87. The molecule has 0 spiro atoms. The van der Waals surface area contributed by atoms with Crippen LogP contribution in [0, 0.1) is 6.92 Å². The molecule has 1 aromatic heterocycles. The summed E-state index contributed by atoms with van der Waals surface area (Å²) in [4.78, 5) is 2.81. The lowest BCUT2D eigenvalue weighted by molar-refractivity contribution is 0.0317. The fourth-order valence-electron chi connectivity index (χ4n) is 2.20. The van der Waals surface area contributed by atoms with Crippen molar-refractivity contribution in [3.8, 4) is 0 Å². The van der Waals surface area contributed by atoms with E-state index in [-0.39, 0.29) is 0 Å². The standard InChI is InChI=1S/C14H24N2OS/c1-12-3-4-14(18-12)11-16-7-2-10-17-13-5-8-15-9-6-13/h3-4,13,15-16H,2,5-11H2,1H3. The first kappa shape index (κ1) is 14.0. The summed E-state index contributed by atoms with van der Waals surface area (Å²) in [5.41, 5.74) is 0. The highest BCUT2D eigenvalue weighted by atomic mass is 32.1. The van der Waals surface area contributed by atoms with Gasteiger partial charge in [-0.2, -0.15) is 0 Å². The van der Waals surface area contributed by atoms with Gasteiger partial charge in [0.25, 0.3) is 0 Å². The van der Waals surface area contributed by atoms with Crippen molar-refractivity contribution in [2.24, 2.45) is 0 Å². The molecule has 0 aromatic carbocycles. The summed E-state index contributed by atoms with van der Waals surface area (Å²) in [5.74, 6) is 0. The van der Waals surface area contributed by atoms with Gasteiger partial charge in [-0.1, -0.05) is 0 Å². The quantitative estimate of drug-likeness (QED) is 0.745. The molecule has 1 aliphatic heterocycles. The maximum absolute atomic E-state index is 5.86. The summed E-state index contributed by atoms with van der Waals surface area (Å²) in [6.45, 7) is 7.30. The van der Waals surface area contributed by atoms with Crippen molar-refractivity contribution >= 4 is 11.3 Å². The third kappa shape index (κ3) is 5.06. The minimum atomic E-state index is 0.492. The number of hydrogen-bond acceptors (Lipinski definition) is 4. The molecule has 102 valence electrons. The predicted molar refractivity (Wildman–Crippen MR) is 77.2 cm³/mol. The van der Waals surface area contributed by atoms with Gasteiger partial charge in [0.05, 0.1) is 6.10 Å². The van der Waals surface area contributed by atoms with Crippen LogP contribution in [0.2, 0.25) is 0 Å². The molecule has 1 fully saturated rings. The smallest absolute Gasteiger partial charge is 0.0599 e. The van der Waals surface area contributed by atoms with Crippen molar-refractivity contribution in [2.75, 3.05) is 26.2 Å². The molecule has 4 heteroatoms. The fourth-order valence-corrected chi connectivity index (χ4v) is 3.06. The highest BCUT2D eigenvalue weighted by Crippen LogP contribution is 2.14. The summed E-state index contributed by atoms with van der Waals surface area (Å²) in [7, 11) is 0. The van der Waals surface area contributed by atoms with Crippen LogP contribution in [0.3, 0.4) is 0 Å². The van der Waals surface area contributed by atoms with E-state index in [1.165, 1.54) is 22.6 Å². The average Bonchev–Trinajstić information content (AvgIpc) is 2.81. The maximum atomic E-state index is 5.86. The Balaban J connectivity index is 1.46. The third-order valence-corrected chi connectivity index (χ3v) is 4.23. The highest BCUT2D eigenvalue weighted by Gasteiger charge is 2.12. The zero-order chi connectivity index (χ0) is 12.6. The molecule has 0 unspecified atom stereocenters. The molecule has 3 nitrogen and oxygen atoms in total. The Morgan fingerprint density at radius 3 is 2.94 bits per heavy atom. The highest BCUT2D eigenvalue weighted by molar-refractivity contribution is 7.11. The van der Waals surface area contributed by atoms with Gasteiger partial charge in [0, 0.05) is 22.9 Å². The number of thiophene rings is 1. The van der Waals surface area contributed by atoms with Crippen LogP contribution in [0.5, 0.6) is 0 Å². The number of ether oxygens (including phenoxy) is 1. The zero-order valence-electron chi connectivity index (χ0n) is 11.2. The van der Waals surface area contributed by atoms with Gasteiger partial charge in [-0.15, -0.1) is 11.3 Å². The molecule has 18 heavy (non-hydrogen) atoms.